The van der Waals surface area contributed by atoms with Crippen LogP contribution in [0, 0.1) is 0 Å². The molecule has 152 valence electrons. The van der Waals surface area contributed by atoms with Gasteiger partial charge in [-0.3, -0.25) is 14.4 Å². The Labute approximate surface area is 163 Å². The predicted octanol–water partition coefficient (Wildman–Crippen LogP) is 2.17. The van der Waals surface area contributed by atoms with E-state index in [0.717, 1.165) is 0 Å². The van der Waals surface area contributed by atoms with Gasteiger partial charge in [-0.15, -0.1) is 0 Å². The van der Waals surface area contributed by atoms with Gasteiger partial charge in [-0.2, -0.15) is 8.78 Å². The molecule has 0 aromatic heterocycles. The molecule has 0 bridgehead atoms. The summed E-state index contributed by atoms with van der Waals surface area (Å²) in [5.41, 5.74) is 0.0983. The summed E-state index contributed by atoms with van der Waals surface area (Å²) in [5.74, 6) is -1.55. The molecular formula is C19H15F2NO7. The van der Waals surface area contributed by atoms with Crippen LogP contribution in [-0.2, 0) is 9.53 Å². The first-order valence-corrected chi connectivity index (χ1v) is 8.34. The van der Waals surface area contributed by atoms with Crippen molar-refractivity contribution in [1.82, 2.24) is 5.32 Å². The highest BCUT2D eigenvalue weighted by Crippen LogP contribution is 2.32. The normalized spacial score (nSPS) is 11.8. The minimum atomic E-state index is -3.10. The van der Waals surface area contributed by atoms with Gasteiger partial charge in [0.1, 0.15) is 12.3 Å². The van der Waals surface area contributed by atoms with Gasteiger partial charge in [-0.1, -0.05) is 12.1 Å². The van der Waals surface area contributed by atoms with Crippen LogP contribution in [0.4, 0.5) is 8.78 Å². The largest absolute Gasteiger partial charge is 0.456 e. The first-order chi connectivity index (χ1) is 13.9. The second-order valence-corrected chi connectivity index (χ2v) is 5.71. The molecule has 0 aliphatic carbocycles. The fraction of sp³-hybridized carbons (Fsp3) is 0.211. The van der Waals surface area contributed by atoms with E-state index >= 15 is 0 Å². The van der Waals surface area contributed by atoms with E-state index in [2.05, 4.69) is 10.1 Å². The van der Waals surface area contributed by atoms with E-state index in [-0.39, 0.29) is 23.7 Å². The number of ether oxygens (including phenoxy) is 4. The zero-order valence-corrected chi connectivity index (χ0v) is 14.9. The number of carbonyl (C=O) groups excluding carboxylic acids is 3. The Balaban J connectivity index is 1.49. The standard InChI is InChI=1S/C19H15F2NO7/c20-19(21)29-14-4-2-1-3-12(14)18(25)22-8-17(24)26-9-13(23)11-5-6-15-16(7-11)28-10-27-15/h1-7,19H,8-10H2,(H,22,25). The molecule has 1 aliphatic rings. The Morgan fingerprint density at radius 3 is 2.62 bits per heavy atom. The summed E-state index contributed by atoms with van der Waals surface area (Å²) in [7, 11) is 0. The number of hydrogen-bond acceptors (Lipinski definition) is 7. The van der Waals surface area contributed by atoms with Gasteiger partial charge >= 0.3 is 12.6 Å². The third kappa shape index (κ3) is 5.18. The van der Waals surface area contributed by atoms with Crippen molar-refractivity contribution < 1.29 is 42.1 Å². The lowest BCUT2D eigenvalue weighted by molar-refractivity contribution is -0.141. The summed E-state index contributed by atoms with van der Waals surface area (Å²) in [5, 5.41) is 2.22. The van der Waals surface area contributed by atoms with Crippen molar-refractivity contribution in [1.29, 1.82) is 0 Å². The third-order valence-corrected chi connectivity index (χ3v) is 3.80. The second kappa shape index (κ2) is 9.00. The number of para-hydroxylation sites is 1. The van der Waals surface area contributed by atoms with Gasteiger partial charge in [-0.05, 0) is 30.3 Å². The maximum Gasteiger partial charge on any atom is 0.387 e. The number of hydrogen-bond donors (Lipinski definition) is 1. The zero-order valence-electron chi connectivity index (χ0n) is 14.9. The molecule has 0 spiro atoms. The second-order valence-electron chi connectivity index (χ2n) is 5.71. The number of carbonyl (C=O) groups is 3. The smallest absolute Gasteiger partial charge is 0.387 e. The van der Waals surface area contributed by atoms with Crippen molar-refractivity contribution in [3.05, 3.63) is 53.6 Å². The summed E-state index contributed by atoms with van der Waals surface area (Å²) < 4.78 is 44.2. The van der Waals surface area contributed by atoms with Gasteiger partial charge < -0.3 is 24.3 Å². The van der Waals surface area contributed by atoms with Crippen LogP contribution in [0.15, 0.2) is 42.5 Å². The van der Waals surface area contributed by atoms with Crippen LogP contribution in [0.3, 0.4) is 0 Å². The molecule has 29 heavy (non-hydrogen) atoms. The van der Waals surface area contributed by atoms with Crippen molar-refractivity contribution in [2.24, 2.45) is 0 Å². The number of alkyl halides is 2. The number of nitrogens with one attached hydrogen (secondary N) is 1. The van der Waals surface area contributed by atoms with Gasteiger partial charge in [-0.25, -0.2) is 0 Å². The fourth-order valence-corrected chi connectivity index (χ4v) is 2.45. The quantitative estimate of drug-likeness (QED) is 0.529. The van der Waals surface area contributed by atoms with E-state index in [0.29, 0.717) is 11.5 Å². The molecule has 1 amide bonds. The Kier molecular flexibility index (Phi) is 6.22. The molecule has 1 heterocycles. The molecule has 1 aliphatic heterocycles. The van der Waals surface area contributed by atoms with Gasteiger partial charge in [0, 0.05) is 5.56 Å². The minimum Gasteiger partial charge on any atom is -0.456 e. The van der Waals surface area contributed by atoms with Gasteiger partial charge in [0.2, 0.25) is 6.79 Å². The average Bonchev–Trinajstić information content (AvgIpc) is 3.18. The summed E-state index contributed by atoms with van der Waals surface area (Å²) >= 11 is 0. The lowest BCUT2D eigenvalue weighted by Gasteiger charge is -2.10. The number of amides is 1. The van der Waals surface area contributed by atoms with Crippen LogP contribution in [0.2, 0.25) is 0 Å². The van der Waals surface area contributed by atoms with Gasteiger partial charge in [0.25, 0.3) is 5.91 Å². The molecule has 0 unspecified atom stereocenters. The van der Waals surface area contributed by atoms with Crippen molar-refractivity contribution >= 4 is 17.7 Å². The molecule has 2 aromatic carbocycles. The maximum absolute atomic E-state index is 12.4. The summed E-state index contributed by atoms with van der Waals surface area (Å²) in [6.07, 6.45) is 0. The highest BCUT2D eigenvalue weighted by Gasteiger charge is 2.19. The molecule has 0 fully saturated rings. The van der Waals surface area contributed by atoms with E-state index in [1.807, 2.05) is 0 Å². The van der Waals surface area contributed by atoms with E-state index in [4.69, 9.17) is 14.2 Å². The summed E-state index contributed by atoms with van der Waals surface area (Å²) in [6.45, 7) is -4.14. The van der Waals surface area contributed by atoms with Crippen LogP contribution in [0.25, 0.3) is 0 Å². The SMILES string of the molecule is O=C(CNC(=O)c1ccccc1OC(F)F)OCC(=O)c1ccc2c(c1)OCO2. The predicted molar refractivity (Wildman–Crippen MR) is 93.3 cm³/mol. The van der Waals surface area contributed by atoms with Crippen molar-refractivity contribution in [3.63, 3.8) is 0 Å². The Hall–Kier alpha value is -3.69. The van der Waals surface area contributed by atoms with Gasteiger partial charge in [0.05, 0.1) is 5.56 Å². The third-order valence-electron chi connectivity index (χ3n) is 3.80. The highest BCUT2D eigenvalue weighted by atomic mass is 19.3. The number of halogens is 2. The molecule has 10 heteroatoms. The number of benzene rings is 2. The fourth-order valence-electron chi connectivity index (χ4n) is 2.45. The monoisotopic (exact) mass is 407 g/mol. The molecular weight excluding hydrogens is 392 g/mol. The van der Waals surface area contributed by atoms with Crippen LogP contribution >= 0.6 is 0 Å². The number of esters is 1. The number of rotatable bonds is 8. The highest BCUT2D eigenvalue weighted by molar-refractivity contribution is 6.00. The zero-order chi connectivity index (χ0) is 20.8. The van der Waals surface area contributed by atoms with E-state index < -0.39 is 37.4 Å². The summed E-state index contributed by atoms with van der Waals surface area (Å²) in [6, 6.07) is 9.88. The van der Waals surface area contributed by atoms with Crippen molar-refractivity contribution in [2.45, 2.75) is 6.61 Å². The number of Topliss-reactive ketones (excluding diaryl/α,β-unsaturated/α-hetero) is 1. The molecule has 0 radical (unpaired) electrons. The van der Waals surface area contributed by atoms with Gasteiger partial charge in [0.15, 0.2) is 23.9 Å². The minimum absolute atomic E-state index is 0.0626. The molecule has 2 aromatic rings. The molecule has 1 N–H and O–H groups in total. The number of ketones is 1. The Bertz CT molecular complexity index is 933. The van der Waals surface area contributed by atoms with Crippen LogP contribution < -0.4 is 19.5 Å². The van der Waals surface area contributed by atoms with Crippen molar-refractivity contribution in [2.75, 3.05) is 19.9 Å². The molecule has 0 atom stereocenters. The van der Waals surface area contributed by atoms with Crippen LogP contribution in [0.1, 0.15) is 20.7 Å². The van der Waals surface area contributed by atoms with E-state index in [9.17, 15) is 23.2 Å². The number of fused-ring (bicyclic) bond motifs is 1. The first kappa shape index (κ1) is 20.1. The van der Waals surface area contributed by atoms with E-state index in [1.54, 1.807) is 6.07 Å². The Morgan fingerprint density at radius 1 is 1.07 bits per heavy atom. The average molecular weight is 407 g/mol. The lowest BCUT2D eigenvalue weighted by Crippen LogP contribution is -2.31. The van der Waals surface area contributed by atoms with Crippen molar-refractivity contribution in [3.8, 4) is 17.2 Å². The van der Waals surface area contributed by atoms with Crippen LogP contribution in [-0.4, -0.2) is 44.2 Å². The maximum atomic E-state index is 12.4. The topological polar surface area (TPSA) is 100 Å². The van der Waals surface area contributed by atoms with Crippen LogP contribution in [0.5, 0.6) is 17.2 Å². The molecule has 0 saturated carbocycles. The molecule has 3 rings (SSSR count). The lowest BCUT2D eigenvalue weighted by atomic mass is 10.1. The van der Waals surface area contributed by atoms with E-state index in [1.165, 1.54) is 36.4 Å². The molecule has 8 nitrogen and oxygen atoms in total. The molecule has 0 saturated heterocycles. The first-order valence-electron chi connectivity index (χ1n) is 8.34. The Morgan fingerprint density at radius 2 is 1.83 bits per heavy atom. The summed E-state index contributed by atoms with van der Waals surface area (Å²) in [4.78, 5) is 36.0.